The van der Waals surface area contributed by atoms with E-state index in [4.69, 9.17) is 0 Å². The first-order valence-electron chi connectivity index (χ1n) is 10.4. The molecule has 0 aliphatic heterocycles. The monoisotopic (exact) mass is 475 g/mol. The van der Waals surface area contributed by atoms with Gasteiger partial charge in [0.25, 0.3) is 0 Å². The van der Waals surface area contributed by atoms with Gasteiger partial charge in [-0.25, -0.2) is 9.37 Å². The molecule has 1 aliphatic rings. The van der Waals surface area contributed by atoms with E-state index in [1.165, 1.54) is 29.2 Å². The van der Waals surface area contributed by atoms with E-state index >= 15 is 0 Å². The Bertz CT molecular complexity index is 1340. The first-order chi connectivity index (χ1) is 16.2. The molecule has 5 rings (SSSR count). The van der Waals surface area contributed by atoms with Gasteiger partial charge in [0.05, 0.1) is 23.1 Å². The lowest BCUT2D eigenvalue weighted by molar-refractivity contribution is -0.116. The summed E-state index contributed by atoms with van der Waals surface area (Å²) in [5, 5.41) is 21.0. The summed E-state index contributed by atoms with van der Waals surface area (Å²) in [5.41, 5.74) is 2.08. The summed E-state index contributed by atoms with van der Waals surface area (Å²) in [4.78, 5) is 17.5. The lowest BCUT2D eigenvalue weighted by Gasteiger charge is -2.10. The van der Waals surface area contributed by atoms with E-state index in [2.05, 4.69) is 21.3 Å². The highest BCUT2D eigenvalue weighted by molar-refractivity contribution is 7.99. The van der Waals surface area contributed by atoms with Crippen LogP contribution in [0.2, 0.25) is 0 Å². The molecule has 2 aromatic carbocycles. The molecule has 2 aromatic heterocycles. The van der Waals surface area contributed by atoms with E-state index in [1.807, 2.05) is 40.3 Å². The van der Waals surface area contributed by atoms with Gasteiger partial charge in [0, 0.05) is 17.0 Å². The molecule has 0 saturated heterocycles. The second-order valence-electron chi connectivity index (χ2n) is 7.64. The molecule has 1 unspecified atom stereocenters. The SMILES string of the molecule is N#CC(C(=O)CSc1nnc(-c2ccccc2F)n1C1CC1)c1nc(-c2ccccc2)cs1. The Labute approximate surface area is 198 Å². The van der Waals surface area contributed by atoms with Gasteiger partial charge >= 0.3 is 0 Å². The summed E-state index contributed by atoms with van der Waals surface area (Å²) in [6, 6.07) is 18.4. The van der Waals surface area contributed by atoms with Crippen molar-refractivity contribution < 1.29 is 9.18 Å². The zero-order valence-corrected chi connectivity index (χ0v) is 19.0. The van der Waals surface area contributed by atoms with Crippen LogP contribution in [-0.2, 0) is 4.79 Å². The van der Waals surface area contributed by atoms with Crippen molar-refractivity contribution in [3.8, 4) is 28.7 Å². The van der Waals surface area contributed by atoms with Crippen LogP contribution in [0.4, 0.5) is 4.39 Å². The molecule has 164 valence electrons. The standard InChI is InChI=1S/C24H18FN5OS2/c25-19-9-5-4-8-17(19)22-28-29-24(30(22)16-10-11-16)33-14-21(31)18(12-26)23-27-20(13-32-23)15-6-2-1-3-7-15/h1-9,13,16,18H,10-11,14H2. The number of ketones is 1. The predicted octanol–water partition coefficient (Wildman–Crippen LogP) is 5.51. The summed E-state index contributed by atoms with van der Waals surface area (Å²) in [7, 11) is 0. The molecule has 0 radical (unpaired) electrons. The summed E-state index contributed by atoms with van der Waals surface area (Å²) in [6.45, 7) is 0. The Morgan fingerprint density at radius 3 is 2.67 bits per heavy atom. The number of carbonyl (C=O) groups excluding carboxylic acids is 1. The first kappa shape index (κ1) is 21.5. The molecular weight excluding hydrogens is 457 g/mol. The number of rotatable bonds is 8. The number of nitrogens with zero attached hydrogens (tertiary/aromatic N) is 5. The molecule has 4 aromatic rings. The lowest BCUT2D eigenvalue weighted by Crippen LogP contribution is -2.14. The summed E-state index contributed by atoms with van der Waals surface area (Å²) in [6.07, 6.45) is 1.92. The molecule has 1 saturated carbocycles. The van der Waals surface area contributed by atoms with Crippen LogP contribution in [0.3, 0.4) is 0 Å². The minimum absolute atomic E-state index is 0.0562. The van der Waals surface area contributed by atoms with Crippen LogP contribution in [0, 0.1) is 17.1 Å². The second kappa shape index (κ2) is 9.25. The molecule has 0 bridgehead atoms. The first-order valence-corrected chi connectivity index (χ1v) is 12.3. The predicted molar refractivity (Wildman–Crippen MR) is 125 cm³/mol. The lowest BCUT2D eigenvalue weighted by atomic mass is 10.1. The topological polar surface area (TPSA) is 84.5 Å². The number of thioether (sulfide) groups is 1. The van der Waals surface area contributed by atoms with E-state index < -0.39 is 5.92 Å². The van der Waals surface area contributed by atoms with Gasteiger partial charge in [-0.2, -0.15) is 5.26 Å². The third kappa shape index (κ3) is 4.45. The number of hydrogen-bond acceptors (Lipinski definition) is 7. The molecule has 0 N–H and O–H groups in total. The number of carbonyl (C=O) groups is 1. The van der Waals surface area contributed by atoms with Crippen LogP contribution in [-0.4, -0.2) is 31.3 Å². The zero-order chi connectivity index (χ0) is 22.8. The van der Waals surface area contributed by atoms with Gasteiger partial charge in [-0.15, -0.1) is 21.5 Å². The quantitative estimate of drug-likeness (QED) is 0.312. The molecule has 6 nitrogen and oxygen atoms in total. The van der Waals surface area contributed by atoms with Crippen molar-refractivity contribution in [2.24, 2.45) is 0 Å². The summed E-state index contributed by atoms with van der Waals surface area (Å²) < 4.78 is 16.3. The summed E-state index contributed by atoms with van der Waals surface area (Å²) in [5.74, 6) is -1.02. The number of hydrogen-bond donors (Lipinski definition) is 0. The maximum absolute atomic E-state index is 14.3. The fourth-order valence-electron chi connectivity index (χ4n) is 3.51. The van der Waals surface area contributed by atoms with Crippen LogP contribution < -0.4 is 0 Å². The molecular formula is C24H18FN5OS2. The molecule has 9 heteroatoms. The second-order valence-corrected chi connectivity index (χ2v) is 9.47. The molecule has 1 aliphatic carbocycles. The molecule has 0 spiro atoms. The van der Waals surface area contributed by atoms with E-state index in [-0.39, 0.29) is 23.4 Å². The average Bonchev–Trinajstić information content (AvgIpc) is 3.40. The highest BCUT2D eigenvalue weighted by Crippen LogP contribution is 2.41. The van der Waals surface area contributed by atoms with Gasteiger partial charge in [0.1, 0.15) is 10.8 Å². The van der Waals surface area contributed by atoms with E-state index in [9.17, 15) is 14.4 Å². The van der Waals surface area contributed by atoms with E-state index in [0.29, 0.717) is 21.6 Å². The smallest absolute Gasteiger partial charge is 0.192 e. The van der Waals surface area contributed by atoms with Gasteiger partial charge in [0.15, 0.2) is 22.7 Å². The van der Waals surface area contributed by atoms with Crippen molar-refractivity contribution in [3.05, 3.63) is 70.8 Å². The average molecular weight is 476 g/mol. The van der Waals surface area contributed by atoms with Crippen molar-refractivity contribution in [2.45, 2.75) is 30.0 Å². The Hall–Kier alpha value is -3.35. The maximum atomic E-state index is 14.3. The third-order valence-electron chi connectivity index (χ3n) is 5.32. The number of thiazole rings is 1. The van der Waals surface area contributed by atoms with Crippen molar-refractivity contribution in [3.63, 3.8) is 0 Å². The van der Waals surface area contributed by atoms with E-state index in [0.717, 1.165) is 24.1 Å². The van der Waals surface area contributed by atoms with Gasteiger partial charge in [-0.05, 0) is 25.0 Å². The van der Waals surface area contributed by atoms with Crippen molar-refractivity contribution in [1.82, 2.24) is 19.7 Å². The highest BCUT2D eigenvalue weighted by atomic mass is 32.2. The Kier molecular flexibility index (Phi) is 6.03. The summed E-state index contributed by atoms with van der Waals surface area (Å²) >= 11 is 2.54. The fourth-order valence-corrected chi connectivity index (χ4v) is 5.31. The van der Waals surface area contributed by atoms with Crippen LogP contribution in [0.1, 0.15) is 29.8 Å². The van der Waals surface area contributed by atoms with Gasteiger partial charge in [-0.3, -0.25) is 9.36 Å². The van der Waals surface area contributed by atoms with Crippen LogP contribution in [0.25, 0.3) is 22.6 Å². The van der Waals surface area contributed by atoms with E-state index in [1.54, 1.807) is 18.2 Å². The number of benzene rings is 2. The van der Waals surface area contributed by atoms with Gasteiger partial charge in [-0.1, -0.05) is 54.2 Å². The maximum Gasteiger partial charge on any atom is 0.192 e. The minimum atomic E-state index is -0.941. The molecule has 1 atom stereocenters. The van der Waals surface area contributed by atoms with Gasteiger partial charge < -0.3 is 0 Å². The minimum Gasteiger partial charge on any atom is -0.299 e. The number of aromatic nitrogens is 4. The molecule has 0 amide bonds. The third-order valence-corrected chi connectivity index (χ3v) is 7.20. The number of nitriles is 1. The highest BCUT2D eigenvalue weighted by Gasteiger charge is 2.32. The molecule has 33 heavy (non-hydrogen) atoms. The van der Waals surface area contributed by atoms with Gasteiger partial charge in [0.2, 0.25) is 0 Å². The number of Topliss-reactive ketones (excluding diaryl/α,β-unsaturated/α-hetero) is 1. The van der Waals surface area contributed by atoms with Crippen molar-refractivity contribution in [1.29, 1.82) is 5.26 Å². The Morgan fingerprint density at radius 1 is 1.18 bits per heavy atom. The number of halogens is 1. The van der Waals surface area contributed by atoms with Crippen LogP contribution >= 0.6 is 23.1 Å². The Balaban J connectivity index is 1.33. The zero-order valence-electron chi connectivity index (χ0n) is 17.4. The van der Waals surface area contributed by atoms with Crippen molar-refractivity contribution >= 4 is 28.9 Å². The van der Waals surface area contributed by atoms with Crippen molar-refractivity contribution in [2.75, 3.05) is 5.75 Å². The normalized spacial score (nSPS) is 14.1. The van der Waals surface area contributed by atoms with Crippen LogP contribution in [0.15, 0.2) is 65.1 Å². The largest absolute Gasteiger partial charge is 0.299 e. The Morgan fingerprint density at radius 2 is 1.94 bits per heavy atom. The fraction of sp³-hybridized carbons (Fsp3) is 0.208. The molecule has 2 heterocycles. The van der Waals surface area contributed by atoms with Crippen LogP contribution in [0.5, 0.6) is 0 Å². The molecule has 1 fully saturated rings.